The van der Waals surface area contributed by atoms with Crippen molar-refractivity contribution < 1.29 is 14.4 Å². The van der Waals surface area contributed by atoms with E-state index in [0.717, 1.165) is 30.2 Å². The van der Waals surface area contributed by atoms with Crippen LogP contribution in [0.5, 0.6) is 0 Å². The number of fused-ring (bicyclic) bond motifs is 5. The normalized spacial score (nSPS) is 31.7. The number of benzene rings is 1. The van der Waals surface area contributed by atoms with E-state index in [0.29, 0.717) is 23.6 Å². The summed E-state index contributed by atoms with van der Waals surface area (Å²) in [6, 6.07) is 9.46. The van der Waals surface area contributed by atoms with Crippen LogP contribution in [0.1, 0.15) is 89.3 Å². The van der Waals surface area contributed by atoms with Crippen LogP contribution in [0.15, 0.2) is 34.2 Å². The van der Waals surface area contributed by atoms with Crippen LogP contribution >= 0.6 is 0 Å². The van der Waals surface area contributed by atoms with Gasteiger partial charge in [0.15, 0.2) is 5.69 Å². The van der Waals surface area contributed by atoms with Gasteiger partial charge in [0.25, 0.3) is 5.56 Å². The van der Waals surface area contributed by atoms with Crippen LogP contribution in [-0.2, 0) is 14.4 Å². The van der Waals surface area contributed by atoms with E-state index in [1.54, 1.807) is 6.92 Å². The van der Waals surface area contributed by atoms with Crippen molar-refractivity contribution >= 4 is 22.7 Å². The van der Waals surface area contributed by atoms with Crippen molar-refractivity contribution in [3.05, 3.63) is 40.3 Å². The Morgan fingerprint density at radius 1 is 0.947 bits per heavy atom. The highest BCUT2D eigenvalue weighted by Crippen LogP contribution is 2.47. The van der Waals surface area contributed by atoms with Crippen molar-refractivity contribution in [3.63, 3.8) is 0 Å². The molecule has 0 N–H and O–H groups in total. The van der Waals surface area contributed by atoms with Crippen LogP contribution in [0.2, 0.25) is 0 Å². The number of rotatable bonds is 6. The first kappa shape index (κ1) is 25.5. The molecule has 0 spiro atoms. The van der Waals surface area contributed by atoms with Crippen molar-refractivity contribution in [2.24, 2.45) is 17.0 Å². The van der Waals surface area contributed by atoms with Gasteiger partial charge in [-0.3, -0.25) is 9.69 Å². The minimum atomic E-state index is -0.700. The molecule has 0 unspecified atom stereocenters. The van der Waals surface area contributed by atoms with Gasteiger partial charge in [-0.2, -0.15) is 0 Å². The summed E-state index contributed by atoms with van der Waals surface area (Å²) in [5, 5.41) is 3.88. The summed E-state index contributed by atoms with van der Waals surface area (Å²) in [6.07, 6.45) is 14.1. The summed E-state index contributed by atoms with van der Waals surface area (Å²) in [7, 11) is 1.35. The molecule has 2 aliphatic carbocycles. The second-order valence-electron chi connectivity index (χ2n) is 11.8. The largest absolute Gasteiger partial charge is 0.461 e. The number of piperidine rings is 1. The van der Waals surface area contributed by atoms with Gasteiger partial charge in [-0.1, -0.05) is 43.0 Å². The molecule has 204 valence electrons. The van der Waals surface area contributed by atoms with Gasteiger partial charge in [0.2, 0.25) is 5.71 Å². The molecule has 0 amide bonds. The number of oxime groups is 1. The lowest BCUT2D eigenvalue weighted by Crippen LogP contribution is -2.52. The van der Waals surface area contributed by atoms with E-state index in [2.05, 4.69) is 15.0 Å². The maximum Gasteiger partial charge on any atom is 0.362 e. The van der Waals surface area contributed by atoms with Gasteiger partial charge in [0.1, 0.15) is 7.11 Å². The monoisotopic (exact) mass is 520 g/mol. The second kappa shape index (κ2) is 10.8. The maximum atomic E-state index is 14.0. The summed E-state index contributed by atoms with van der Waals surface area (Å²) < 4.78 is 7.08. The van der Waals surface area contributed by atoms with Crippen molar-refractivity contribution in [1.82, 2.24) is 14.5 Å². The van der Waals surface area contributed by atoms with E-state index in [1.807, 2.05) is 28.8 Å². The van der Waals surface area contributed by atoms with E-state index in [4.69, 9.17) is 9.57 Å². The van der Waals surface area contributed by atoms with Crippen LogP contribution in [0.3, 0.4) is 0 Å². The number of esters is 1. The first-order valence-electron chi connectivity index (χ1n) is 14.6. The lowest BCUT2D eigenvalue weighted by molar-refractivity contribution is -0.135. The number of carbonyl (C=O) groups excluding carboxylic acids is 1. The summed E-state index contributed by atoms with van der Waals surface area (Å²) in [5.74, 6) is 1.09. The fraction of sp³-hybridized carbons (Fsp3) is 0.667. The standard InChI is InChI=1S/C30H40N4O4/c1-3-38-30(36)28(32-37-2)27-29(35)34(26-11-7-6-10-25(26)31-27)24-17-21-12-13-22(18-24)33(21)23-15-19-8-4-5-9-20(14-19)16-23/h6-7,10-11,19-24H,3-5,8-9,12-18H2,1-2H3/b32-28-/t19-,20-,21-,22-/m1/s1. The average molecular weight is 521 g/mol. The quantitative estimate of drug-likeness (QED) is 0.308. The summed E-state index contributed by atoms with van der Waals surface area (Å²) in [4.78, 5) is 39.2. The Bertz CT molecular complexity index is 1240. The molecular formula is C30H40N4O4. The molecule has 4 bridgehead atoms. The van der Waals surface area contributed by atoms with Crippen molar-refractivity contribution in [3.8, 4) is 0 Å². The zero-order chi connectivity index (χ0) is 26.2. The van der Waals surface area contributed by atoms with E-state index in [9.17, 15) is 9.59 Å². The minimum absolute atomic E-state index is 0.00451. The molecule has 1 aromatic carbocycles. The molecule has 2 aromatic rings. The number of carbonyl (C=O) groups is 1. The Kier molecular flexibility index (Phi) is 7.25. The van der Waals surface area contributed by atoms with Crippen molar-refractivity contribution in [2.75, 3.05) is 13.7 Å². The van der Waals surface area contributed by atoms with Crippen LogP contribution in [0.4, 0.5) is 0 Å². The Balaban J connectivity index is 1.34. The van der Waals surface area contributed by atoms with Crippen LogP contribution in [0, 0.1) is 11.8 Å². The van der Waals surface area contributed by atoms with E-state index in [1.165, 1.54) is 64.9 Å². The molecule has 2 saturated heterocycles. The van der Waals surface area contributed by atoms with Crippen molar-refractivity contribution in [1.29, 1.82) is 0 Å². The fourth-order valence-corrected chi connectivity index (χ4v) is 8.24. The van der Waals surface area contributed by atoms with Crippen LogP contribution < -0.4 is 5.56 Å². The van der Waals surface area contributed by atoms with Gasteiger partial charge in [-0.15, -0.1) is 0 Å². The van der Waals surface area contributed by atoms with Crippen LogP contribution in [-0.4, -0.2) is 58.0 Å². The third kappa shape index (κ3) is 4.65. The molecule has 8 heteroatoms. The second-order valence-corrected chi connectivity index (χ2v) is 11.8. The highest BCUT2D eigenvalue weighted by Gasteiger charge is 2.47. The molecular weight excluding hydrogens is 480 g/mol. The van der Waals surface area contributed by atoms with Crippen LogP contribution in [0.25, 0.3) is 11.0 Å². The Labute approximate surface area is 224 Å². The molecule has 8 nitrogen and oxygen atoms in total. The number of nitrogens with zero attached hydrogens (tertiary/aromatic N) is 4. The topological polar surface area (TPSA) is 86.0 Å². The predicted octanol–water partition coefficient (Wildman–Crippen LogP) is 4.84. The van der Waals surface area contributed by atoms with Gasteiger partial charge >= 0.3 is 5.97 Å². The van der Waals surface area contributed by atoms with E-state index >= 15 is 0 Å². The highest BCUT2D eigenvalue weighted by atomic mass is 16.6. The number of hydrogen-bond acceptors (Lipinski definition) is 7. The Morgan fingerprint density at radius 3 is 2.29 bits per heavy atom. The average Bonchev–Trinajstić information content (AvgIpc) is 3.07. The lowest BCUT2D eigenvalue weighted by Gasteiger charge is -2.48. The molecule has 4 atom stereocenters. The lowest BCUT2D eigenvalue weighted by atomic mass is 9.76. The number of hydrogen-bond donors (Lipinski definition) is 0. The maximum absolute atomic E-state index is 14.0. The Hall–Kier alpha value is -2.74. The summed E-state index contributed by atoms with van der Waals surface area (Å²) >= 11 is 0. The first-order valence-corrected chi connectivity index (χ1v) is 14.6. The zero-order valence-electron chi connectivity index (χ0n) is 22.7. The predicted molar refractivity (Wildman–Crippen MR) is 146 cm³/mol. The first-order chi connectivity index (χ1) is 18.6. The minimum Gasteiger partial charge on any atom is -0.461 e. The molecule has 0 radical (unpaired) electrons. The smallest absolute Gasteiger partial charge is 0.362 e. The van der Waals surface area contributed by atoms with Gasteiger partial charge in [-0.25, -0.2) is 9.78 Å². The molecule has 6 rings (SSSR count). The third-order valence-corrected chi connectivity index (χ3v) is 9.57. The highest BCUT2D eigenvalue weighted by molar-refractivity contribution is 6.42. The third-order valence-electron chi connectivity index (χ3n) is 9.57. The number of para-hydroxylation sites is 2. The van der Waals surface area contributed by atoms with Gasteiger partial charge in [-0.05, 0) is 75.8 Å². The number of ether oxygens (including phenoxy) is 1. The molecule has 3 heterocycles. The SMILES string of the molecule is CCOC(=O)/C(=N\OC)c1nc2ccccc2n(C2C[C@H]3CC[C@H](C2)N3C2C[C@@H]3CCCC[C@@H](C2)C3)c1=O. The fourth-order valence-electron chi connectivity index (χ4n) is 8.24. The van der Waals surface area contributed by atoms with Crippen molar-refractivity contribution in [2.45, 2.75) is 102 Å². The summed E-state index contributed by atoms with van der Waals surface area (Å²) in [5.41, 5.74) is 0.998. The van der Waals surface area contributed by atoms with E-state index in [-0.39, 0.29) is 29.6 Å². The zero-order valence-corrected chi connectivity index (χ0v) is 22.7. The molecule has 38 heavy (non-hydrogen) atoms. The molecule has 2 aliphatic heterocycles. The summed E-state index contributed by atoms with van der Waals surface area (Å²) in [6.45, 7) is 1.90. The Morgan fingerprint density at radius 2 is 1.63 bits per heavy atom. The van der Waals surface area contributed by atoms with Gasteiger partial charge < -0.3 is 14.1 Å². The van der Waals surface area contributed by atoms with Gasteiger partial charge in [0, 0.05) is 24.2 Å². The molecule has 4 aliphatic rings. The van der Waals surface area contributed by atoms with E-state index < -0.39 is 5.97 Å². The molecule has 1 aromatic heterocycles. The van der Waals surface area contributed by atoms with Gasteiger partial charge in [0.05, 0.1) is 17.6 Å². The molecule has 2 saturated carbocycles. The number of aromatic nitrogens is 2. The molecule has 4 fully saturated rings.